The van der Waals surface area contributed by atoms with Crippen molar-refractivity contribution in [2.24, 2.45) is 5.73 Å². The minimum atomic E-state index is -0.577. The third-order valence-electron chi connectivity index (χ3n) is 4.54. The molecule has 2 heterocycles. The Hall–Kier alpha value is -3.16. The van der Waals surface area contributed by atoms with Gasteiger partial charge in [-0.3, -0.25) is 14.7 Å². The summed E-state index contributed by atoms with van der Waals surface area (Å²) in [5.74, 6) is -0.515. The Morgan fingerprint density at radius 2 is 2.00 bits per heavy atom. The van der Waals surface area contributed by atoms with Crippen LogP contribution in [-0.2, 0) is 0 Å². The zero-order chi connectivity index (χ0) is 18.7. The van der Waals surface area contributed by atoms with Gasteiger partial charge in [0.05, 0.1) is 0 Å². The Bertz CT molecular complexity index is 828. The molecule has 4 N–H and O–H groups in total. The van der Waals surface area contributed by atoms with E-state index in [2.05, 4.69) is 15.5 Å². The number of nitrogens with one attached hydrogen (secondary N) is 2. The number of amides is 3. The van der Waals surface area contributed by atoms with E-state index in [9.17, 15) is 14.4 Å². The number of primary amides is 1. The molecule has 3 amide bonds. The third kappa shape index (κ3) is 3.90. The second-order valence-electron chi connectivity index (χ2n) is 6.42. The summed E-state index contributed by atoms with van der Waals surface area (Å²) in [5, 5.41) is 9.60. The predicted molar refractivity (Wildman–Crippen MR) is 96.1 cm³/mol. The molecule has 136 valence electrons. The number of carbonyl (C=O) groups is 3. The molecule has 1 atom stereocenters. The minimum Gasteiger partial charge on any atom is -0.364 e. The van der Waals surface area contributed by atoms with Gasteiger partial charge in [0.25, 0.3) is 5.91 Å². The van der Waals surface area contributed by atoms with Crippen LogP contribution in [-0.4, -0.2) is 45.9 Å². The fraction of sp³-hybridized carbons (Fsp3) is 0.333. The first kappa shape index (κ1) is 17.7. The van der Waals surface area contributed by atoms with Crippen molar-refractivity contribution in [1.82, 2.24) is 15.1 Å². The molecule has 3 rings (SSSR count). The van der Waals surface area contributed by atoms with Crippen LogP contribution in [0.25, 0.3) is 0 Å². The van der Waals surface area contributed by atoms with Gasteiger partial charge in [0.15, 0.2) is 5.78 Å². The number of nitrogens with zero attached hydrogens (tertiary/aromatic N) is 2. The molecule has 1 fully saturated rings. The summed E-state index contributed by atoms with van der Waals surface area (Å²) >= 11 is 0. The number of piperidine rings is 1. The lowest BCUT2D eigenvalue weighted by Crippen LogP contribution is -2.41. The molecule has 1 aliphatic rings. The van der Waals surface area contributed by atoms with Crippen LogP contribution >= 0.6 is 0 Å². The van der Waals surface area contributed by atoms with E-state index in [4.69, 9.17) is 5.73 Å². The Balaban J connectivity index is 1.63. The predicted octanol–water partition coefficient (Wildman–Crippen LogP) is 2.12. The van der Waals surface area contributed by atoms with Crippen LogP contribution in [0.4, 0.5) is 10.5 Å². The van der Waals surface area contributed by atoms with Crippen molar-refractivity contribution in [1.29, 1.82) is 0 Å². The summed E-state index contributed by atoms with van der Waals surface area (Å²) in [6.07, 6.45) is 1.75. The van der Waals surface area contributed by atoms with Gasteiger partial charge in [-0.15, -0.1) is 0 Å². The topological polar surface area (TPSA) is 121 Å². The van der Waals surface area contributed by atoms with Crippen LogP contribution in [0.3, 0.4) is 0 Å². The summed E-state index contributed by atoms with van der Waals surface area (Å²) < 4.78 is 0. The summed E-state index contributed by atoms with van der Waals surface area (Å²) in [7, 11) is 0. The maximum Gasteiger partial charge on any atom is 0.321 e. The van der Waals surface area contributed by atoms with Crippen LogP contribution in [0.1, 0.15) is 52.2 Å². The monoisotopic (exact) mass is 355 g/mol. The molecule has 2 aromatic rings. The van der Waals surface area contributed by atoms with Crippen molar-refractivity contribution < 1.29 is 14.4 Å². The lowest BCUT2D eigenvalue weighted by atomic mass is 9.95. The molecule has 1 unspecified atom stereocenters. The average Bonchev–Trinajstić information content (AvgIpc) is 3.13. The SMILES string of the molecule is CC(=O)c1ccc(NC(=O)N2CCCC(c3cc(C(N)=O)n[nH]3)C2)cc1. The first-order valence-corrected chi connectivity index (χ1v) is 8.46. The van der Waals surface area contributed by atoms with Gasteiger partial charge < -0.3 is 16.0 Å². The molecule has 1 aliphatic heterocycles. The van der Waals surface area contributed by atoms with Crippen LogP contribution in [0.2, 0.25) is 0 Å². The molecule has 0 aliphatic carbocycles. The Kier molecular flexibility index (Phi) is 5.01. The molecule has 0 bridgehead atoms. The van der Waals surface area contributed by atoms with E-state index in [1.165, 1.54) is 6.92 Å². The van der Waals surface area contributed by atoms with Crippen LogP contribution in [0.15, 0.2) is 30.3 Å². The van der Waals surface area contributed by atoms with Gasteiger partial charge in [-0.1, -0.05) is 0 Å². The highest BCUT2D eigenvalue weighted by Crippen LogP contribution is 2.26. The zero-order valence-corrected chi connectivity index (χ0v) is 14.5. The van der Waals surface area contributed by atoms with E-state index in [1.54, 1.807) is 35.2 Å². The van der Waals surface area contributed by atoms with E-state index in [0.717, 1.165) is 18.5 Å². The number of Topliss-reactive ketones (excluding diaryl/α,β-unsaturated/α-hetero) is 1. The van der Waals surface area contributed by atoms with Crippen LogP contribution < -0.4 is 11.1 Å². The number of rotatable bonds is 4. The first-order valence-electron chi connectivity index (χ1n) is 8.46. The number of carbonyl (C=O) groups excluding carboxylic acids is 3. The van der Waals surface area contributed by atoms with Crippen LogP contribution in [0, 0.1) is 0 Å². The van der Waals surface area contributed by atoms with Crippen molar-refractivity contribution in [3.63, 3.8) is 0 Å². The van der Waals surface area contributed by atoms with Gasteiger partial charge >= 0.3 is 6.03 Å². The number of anilines is 1. The fourth-order valence-electron chi connectivity index (χ4n) is 3.08. The summed E-state index contributed by atoms with van der Waals surface area (Å²) in [4.78, 5) is 36.7. The average molecular weight is 355 g/mol. The van der Waals surface area contributed by atoms with E-state index in [-0.39, 0.29) is 23.4 Å². The number of aromatic nitrogens is 2. The molecule has 0 saturated carbocycles. The number of nitrogens with two attached hydrogens (primary N) is 1. The molecular weight excluding hydrogens is 334 g/mol. The lowest BCUT2D eigenvalue weighted by molar-refractivity contribution is 0.0992. The summed E-state index contributed by atoms with van der Waals surface area (Å²) in [6, 6.07) is 8.25. The second kappa shape index (κ2) is 7.38. The standard InChI is InChI=1S/C18H21N5O3/c1-11(24)12-4-6-14(7-5-12)20-18(26)23-8-2-3-13(10-23)15-9-16(17(19)25)22-21-15/h4-7,9,13H,2-3,8,10H2,1H3,(H2,19,25)(H,20,26)(H,21,22). The number of urea groups is 1. The van der Waals surface area contributed by atoms with Gasteiger partial charge in [0, 0.05) is 36.0 Å². The Morgan fingerprint density at radius 1 is 1.27 bits per heavy atom. The molecular formula is C18H21N5O3. The smallest absolute Gasteiger partial charge is 0.321 e. The number of ketones is 1. The van der Waals surface area contributed by atoms with Gasteiger partial charge in [0.2, 0.25) is 0 Å². The summed E-state index contributed by atoms with van der Waals surface area (Å²) in [6.45, 7) is 2.68. The van der Waals surface area contributed by atoms with Crippen molar-refractivity contribution in [2.45, 2.75) is 25.7 Å². The highest BCUT2D eigenvalue weighted by atomic mass is 16.2. The van der Waals surface area contributed by atoms with Gasteiger partial charge in [0.1, 0.15) is 5.69 Å². The number of hydrogen-bond acceptors (Lipinski definition) is 4. The van der Waals surface area contributed by atoms with Crippen molar-refractivity contribution in [3.05, 3.63) is 47.3 Å². The zero-order valence-electron chi connectivity index (χ0n) is 14.5. The third-order valence-corrected chi connectivity index (χ3v) is 4.54. The molecule has 26 heavy (non-hydrogen) atoms. The normalized spacial score (nSPS) is 17.0. The van der Waals surface area contributed by atoms with Gasteiger partial charge in [-0.05, 0) is 50.1 Å². The number of hydrogen-bond donors (Lipinski definition) is 3. The molecule has 0 radical (unpaired) electrons. The lowest BCUT2D eigenvalue weighted by Gasteiger charge is -2.32. The number of aromatic amines is 1. The number of likely N-dealkylation sites (tertiary alicyclic amines) is 1. The van der Waals surface area contributed by atoms with E-state index in [1.807, 2.05) is 0 Å². The van der Waals surface area contributed by atoms with E-state index >= 15 is 0 Å². The maximum atomic E-state index is 12.5. The quantitative estimate of drug-likeness (QED) is 0.727. The highest BCUT2D eigenvalue weighted by Gasteiger charge is 2.26. The molecule has 8 heteroatoms. The van der Waals surface area contributed by atoms with E-state index < -0.39 is 5.91 Å². The van der Waals surface area contributed by atoms with Crippen molar-refractivity contribution in [3.8, 4) is 0 Å². The molecule has 1 aromatic carbocycles. The van der Waals surface area contributed by atoms with Crippen molar-refractivity contribution >= 4 is 23.4 Å². The van der Waals surface area contributed by atoms with Crippen LogP contribution in [0.5, 0.6) is 0 Å². The first-order chi connectivity index (χ1) is 12.4. The molecule has 8 nitrogen and oxygen atoms in total. The number of benzene rings is 1. The maximum absolute atomic E-state index is 12.5. The second-order valence-corrected chi connectivity index (χ2v) is 6.42. The molecule has 0 spiro atoms. The van der Waals surface area contributed by atoms with Gasteiger partial charge in [-0.25, -0.2) is 4.79 Å². The molecule has 1 aromatic heterocycles. The number of H-pyrrole nitrogens is 1. The van der Waals surface area contributed by atoms with E-state index in [0.29, 0.717) is 24.3 Å². The van der Waals surface area contributed by atoms with Gasteiger partial charge in [-0.2, -0.15) is 5.10 Å². The minimum absolute atomic E-state index is 0.0170. The van der Waals surface area contributed by atoms with Crippen molar-refractivity contribution in [2.75, 3.05) is 18.4 Å². The highest BCUT2D eigenvalue weighted by molar-refractivity contribution is 5.95. The summed E-state index contributed by atoms with van der Waals surface area (Å²) in [5.41, 5.74) is 7.48. The molecule has 1 saturated heterocycles. The largest absolute Gasteiger partial charge is 0.364 e. The fourth-order valence-corrected chi connectivity index (χ4v) is 3.08. The Morgan fingerprint density at radius 3 is 2.62 bits per heavy atom. The Labute approximate surface area is 150 Å².